The van der Waals surface area contributed by atoms with E-state index in [1.807, 2.05) is 0 Å². The topological polar surface area (TPSA) is 0 Å². The normalized spacial score (nSPS) is 23.0. The van der Waals surface area contributed by atoms with E-state index in [1.165, 1.54) is 32.1 Å². The minimum absolute atomic E-state index is 0.582. The molecule has 0 aromatic carbocycles. The highest BCUT2D eigenvalue weighted by Crippen LogP contribution is 2.42. The van der Waals surface area contributed by atoms with Gasteiger partial charge in [-0.05, 0) is 44.4 Å². The molecule has 0 heteroatoms. The predicted molar refractivity (Wildman–Crippen MR) is 50.6 cm³/mol. The lowest BCUT2D eigenvalue weighted by atomic mass is 9.69. The molecular weight excluding hydrogens is 132 g/mol. The van der Waals surface area contributed by atoms with E-state index in [4.69, 9.17) is 0 Å². The second-order valence-corrected chi connectivity index (χ2v) is 3.77. The molecule has 0 atom stereocenters. The highest BCUT2D eigenvalue weighted by Gasteiger charge is 2.29. The van der Waals surface area contributed by atoms with Crippen LogP contribution in [0, 0.1) is 5.41 Å². The van der Waals surface area contributed by atoms with Crippen molar-refractivity contribution in [2.24, 2.45) is 5.41 Å². The van der Waals surface area contributed by atoms with E-state index in [-0.39, 0.29) is 0 Å². The average molecular weight is 152 g/mol. The molecule has 0 unspecified atom stereocenters. The first-order chi connectivity index (χ1) is 5.25. The van der Waals surface area contributed by atoms with Crippen molar-refractivity contribution in [3.63, 3.8) is 0 Å². The van der Waals surface area contributed by atoms with Crippen LogP contribution in [0.25, 0.3) is 0 Å². The van der Waals surface area contributed by atoms with Crippen molar-refractivity contribution < 1.29 is 0 Å². The summed E-state index contributed by atoms with van der Waals surface area (Å²) < 4.78 is 0. The lowest BCUT2D eigenvalue weighted by Crippen LogP contribution is -2.22. The summed E-state index contributed by atoms with van der Waals surface area (Å²) in [5.74, 6) is 0. The van der Waals surface area contributed by atoms with Crippen molar-refractivity contribution >= 4 is 0 Å². The van der Waals surface area contributed by atoms with Crippen LogP contribution in [0.5, 0.6) is 0 Å². The molecule has 1 aliphatic rings. The Morgan fingerprint density at radius 2 is 2.00 bits per heavy atom. The largest absolute Gasteiger partial charge is 0.0850 e. The van der Waals surface area contributed by atoms with E-state index in [2.05, 4.69) is 26.8 Å². The quantitative estimate of drug-likeness (QED) is 0.526. The maximum Gasteiger partial charge on any atom is -0.00960 e. The molecule has 0 aromatic heterocycles. The van der Waals surface area contributed by atoms with Gasteiger partial charge in [0.05, 0.1) is 0 Å². The molecule has 0 amide bonds. The van der Waals surface area contributed by atoms with Crippen molar-refractivity contribution in [1.82, 2.24) is 0 Å². The lowest BCUT2D eigenvalue weighted by Gasteiger charge is -2.36. The molecule has 0 fully saturated rings. The number of allylic oxidation sites excluding steroid dienone is 2. The third-order valence-electron chi connectivity index (χ3n) is 3.50. The zero-order valence-corrected chi connectivity index (χ0v) is 8.11. The predicted octanol–water partition coefficient (Wildman–Crippen LogP) is 3.92. The van der Waals surface area contributed by atoms with Crippen molar-refractivity contribution in [3.05, 3.63) is 11.6 Å². The first-order valence-electron chi connectivity index (χ1n) is 4.92. The van der Waals surface area contributed by atoms with Gasteiger partial charge in [0.2, 0.25) is 0 Å². The average Bonchev–Trinajstić information content (AvgIpc) is 2.06. The molecule has 0 N–H and O–H groups in total. The summed E-state index contributed by atoms with van der Waals surface area (Å²) in [6.07, 6.45) is 9.23. The molecule has 0 saturated carbocycles. The van der Waals surface area contributed by atoms with Gasteiger partial charge in [-0.15, -0.1) is 0 Å². The third-order valence-corrected chi connectivity index (χ3v) is 3.50. The fourth-order valence-electron chi connectivity index (χ4n) is 2.33. The van der Waals surface area contributed by atoms with Crippen LogP contribution in [0.4, 0.5) is 0 Å². The highest BCUT2D eigenvalue weighted by atomic mass is 14.3. The van der Waals surface area contributed by atoms with Gasteiger partial charge in [-0.25, -0.2) is 0 Å². The summed E-state index contributed by atoms with van der Waals surface area (Å²) in [6, 6.07) is 0. The first kappa shape index (κ1) is 8.83. The molecule has 0 heterocycles. The molecule has 0 bridgehead atoms. The van der Waals surface area contributed by atoms with E-state index in [9.17, 15) is 0 Å². The van der Waals surface area contributed by atoms with Crippen molar-refractivity contribution in [2.45, 2.75) is 52.9 Å². The van der Waals surface area contributed by atoms with Gasteiger partial charge in [0.1, 0.15) is 0 Å². The van der Waals surface area contributed by atoms with E-state index in [0.717, 1.165) is 0 Å². The fraction of sp³-hybridized carbons (Fsp3) is 0.818. The van der Waals surface area contributed by atoms with Gasteiger partial charge < -0.3 is 0 Å². The molecule has 64 valence electrons. The van der Waals surface area contributed by atoms with E-state index >= 15 is 0 Å². The summed E-state index contributed by atoms with van der Waals surface area (Å²) >= 11 is 0. The van der Waals surface area contributed by atoms with Gasteiger partial charge in [0.25, 0.3) is 0 Å². The molecular formula is C11H20. The molecule has 0 spiro atoms. The summed E-state index contributed by atoms with van der Waals surface area (Å²) in [6.45, 7) is 6.96. The molecule has 0 radical (unpaired) electrons. The van der Waals surface area contributed by atoms with Crippen molar-refractivity contribution in [2.75, 3.05) is 0 Å². The second kappa shape index (κ2) is 3.42. The molecule has 0 aliphatic heterocycles. The SMILES string of the molecule is CCC1(CC)CCCC=C1C. The number of rotatable bonds is 2. The second-order valence-electron chi connectivity index (χ2n) is 3.77. The monoisotopic (exact) mass is 152 g/mol. The van der Waals surface area contributed by atoms with Gasteiger partial charge >= 0.3 is 0 Å². The van der Waals surface area contributed by atoms with Crippen LogP contribution in [-0.4, -0.2) is 0 Å². The molecule has 0 saturated heterocycles. The molecule has 1 aliphatic carbocycles. The van der Waals surface area contributed by atoms with Gasteiger partial charge in [-0.1, -0.05) is 25.5 Å². The van der Waals surface area contributed by atoms with Crippen LogP contribution in [-0.2, 0) is 0 Å². The Kier molecular flexibility index (Phi) is 2.75. The smallest absolute Gasteiger partial charge is 0.00960 e. The lowest BCUT2D eigenvalue weighted by molar-refractivity contribution is 0.280. The van der Waals surface area contributed by atoms with E-state index in [1.54, 1.807) is 5.57 Å². The van der Waals surface area contributed by atoms with Crippen LogP contribution < -0.4 is 0 Å². The van der Waals surface area contributed by atoms with Gasteiger partial charge in [-0.2, -0.15) is 0 Å². The summed E-state index contributed by atoms with van der Waals surface area (Å²) in [7, 11) is 0. The minimum atomic E-state index is 0.582. The van der Waals surface area contributed by atoms with Gasteiger partial charge in [-0.3, -0.25) is 0 Å². The van der Waals surface area contributed by atoms with Crippen LogP contribution in [0.2, 0.25) is 0 Å². The summed E-state index contributed by atoms with van der Waals surface area (Å²) in [5.41, 5.74) is 2.23. The Bertz CT molecular complexity index is 149. The Balaban J connectivity index is 2.79. The highest BCUT2D eigenvalue weighted by molar-refractivity contribution is 5.14. The number of hydrogen-bond donors (Lipinski definition) is 0. The first-order valence-corrected chi connectivity index (χ1v) is 4.92. The zero-order valence-electron chi connectivity index (χ0n) is 8.11. The minimum Gasteiger partial charge on any atom is -0.0850 e. The summed E-state index contributed by atoms with van der Waals surface area (Å²) in [4.78, 5) is 0. The van der Waals surface area contributed by atoms with Gasteiger partial charge in [0, 0.05) is 0 Å². The van der Waals surface area contributed by atoms with Gasteiger partial charge in [0.15, 0.2) is 0 Å². The maximum absolute atomic E-state index is 2.44. The molecule has 0 nitrogen and oxygen atoms in total. The van der Waals surface area contributed by atoms with Crippen molar-refractivity contribution in [1.29, 1.82) is 0 Å². The van der Waals surface area contributed by atoms with Crippen LogP contribution >= 0.6 is 0 Å². The van der Waals surface area contributed by atoms with Crippen LogP contribution in [0.1, 0.15) is 52.9 Å². The van der Waals surface area contributed by atoms with Crippen LogP contribution in [0.15, 0.2) is 11.6 Å². The fourth-order valence-corrected chi connectivity index (χ4v) is 2.33. The standard InChI is InChI=1S/C11H20/c1-4-11(5-2)9-7-6-8-10(11)3/h8H,4-7,9H2,1-3H3. The summed E-state index contributed by atoms with van der Waals surface area (Å²) in [5, 5.41) is 0. The Morgan fingerprint density at radius 1 is 1.36 bits per heavy atom. The maximum atomic E-state index is 2.44. The van der Waals surface area contributed by atoms with E-state index in [0.29, 0.717) is 5.41 Å². The molecule has 1 rings (SSSR count). The Morgan fingerprint density at radius 3 is 2.36 bits per heavy atom. The third kappa shape index (κ3) is 1.50. The Labute approximate surface area is 70.7 Å². The Hall–Kier alpha value is -0.260. The molecule has 0 aromatic rings. The van der Waals surface area contributed by atoms with Crippen LogP contribution in [0.3, 0.4) is 0 Å². The number of hydrogen-bond acceptors (Lipinski definition) is 0. The van der Waals surface area contributed by atoms with E-state index < -0.39 is 0 Å². The van der Waals surface area contributed by atoms with Crippen molar-refractivity contribution in [3.8, 4) is 0 Å². The molecule has 11 heavy (non-hydrogen) atoms. The zero-order chi connectivity index (χ0) is 8.32.